The van der Waals surface area contributed by atoms with Crippen LogP contribution in [0.1, 0.15) is 5.56 Å². The van der Waals surface area contributed by atoms with Crippen LogP contribution in [0, 0.1) is 0 Å². The van der Waals surface area contributed by atoms with Gasteiger partial charge >= 0.3 is 0 Å². The van der Waals surface area contributed by atoms with Crippen LogP contribution in [0.15, 0.2) is 67.0 Å². The van der Waals surface area contributed by atoms with Crippen LogP contribution in [0.3, 0.4) is 0 Å². The van der Waals surface area contributed by atoms with Crippen molar-refractivity contribution in [3.8, 4) is 0 Å². The molecule has 34 heavy (non-hydrogen) atoms. The number of benzene rings is 2. The van der Waals surface area contributed by atoms with Crippen LogP contribution in [0.4, 0.5) is 23.0 Å². The fraction of sp³-hybridized carbons (Fsp3) is 0.250. The third-order valence-electron chi connectivity index (χ3n) is 5.76. The van der Waals surface area contributed by atoms with E-state index < -0.39 is 10.0 Å². The molecule has 10 heteroatoms. The Hall–Kier alpha value is -3.63. The van der Waals surface area contributed by atoms with Crippen molar-refractivity contribution in [2.24, 2.45) is 0 Å². The Morgan fingerprint density at radius 1 is 1.03 bits per heavy atom. The Morgan fingerprint density at radius 3 is 2.56 bits per heavy atom. The summed E-state index contributed by atoms with van der Waals surface area (Å²) in [6.45, 7) is 4.49. The molecule has 0 spiro atoms. The summed E-state index contributed by atoms with van der Waals surface area (Å²) in [6.07, 6.45) is 4.87. The Kier molecular flexibility index (Phi) is 6.08. The molecule has 4 aromatic rings. The van der Waals surface area contributed by atoms with Crippen LogP contribution in [-0.2, 0) is 16.6 Å². The number of fused-ring (bicyclic) bond motifs is 1. The molecule has 5 rings (SSSR count). The summed E-state index contributed by atoms with van der Waals surface area (Å²) < 4.78 is 28.1. The van der Waals surface area contributed by atoms with Gasteiger partial charge in [-0.25, -0.2) is 13.4 Å². The van der Waals surface area contributed by atoms with E-state index in [1.807, 2.05) is 47.2 Å². The highest BCUT2D eigenvalue weighted by molar-refractivity contribution is 7.92. The second-order valence-corrected chi connectivity index (χ2v) is 10.1. The van der Waals surface area contributed by atoms with Crippen LogP contribution in [0.2, 0.25) is 0 Å². The Labute approximate surface area is 198 Å². The molecule has 2 aromatic heterocycles. The van der Waals surface area contributed by atoms with Gasteiger partial charge in [0.05, 0.1) is 18.5 Å². The number of piperazine rings is 1. The molecule has 176 valence electrons. The largest absolute Gasteiger partial charge is 0.369 e. The average molecular weight is 478 g/mol. The molecule has 3 N–H and O–H groups in total. The van der Waals surface area contributed by atoms with Crippen molar-refractivity contribution in [3.63, 3.8) is 0 Å². The quantitative estimate of drug-likeness (QED) is 0.376. The number of hydrogen-bond acceptors (Lipinski definition) is 7. The predicted octanol–water partition coefficient (Wildman–Crippen LogP) is 3.00. The minimum Gasteiger partial charge on any atom is -0.369 e. The van der Waals surface area contributed by atoms with Crippen molar-refractivity contribution in [1.29, 1.82) is 0 Å². The maximum atomic E-state index is 11.7. The lowest BCUT2D eigenvalue weighted by Crippen LogP contribution is -2.43. The molecule has 9 nitrogen and oxygen atoms in total. The van der Waals surface area contributed by atoms with Crippen molar-refractivity contribution in [1.82, 2.24) is 19.9 Å². The topological polar surface area (TPSA) is 104 Å². The van der Waals surface area contributed by atoms with E-state index >= 15 is 0 Å². The maximum absolute atomic E-state index is 11.7. The van der Waals surface area contributed by atoms with Gasteiger partial charge in [-0.3, -0.25) is 4.72 Å². The van der Waals surface area contributed by atoms with Gasteiger partial charge in [0.1, 0.15) is 5.65 Å². The number of hydrogen-bond donors (Lipinski definition) is 3. The van der Waals surface area contributed by atoms with E-state index in [0.29, 0.717) is 18.2 Å². The first-order valence-corrected chi connectivity index (χ1v) is 13.0. The van der Waals surface area contributed by atoms with E-state index in [4.69, 9.17) is 4.98 Å². The van der Waals surface area contributed by atoms with Crippen LogP contribution >= 0.6 is 0 Å². The molecular formula is C24H27N7O2S. The van der Waals surface area contributed by atoms with E-state index in [0.717, 1.165) is 54.7 Å². The van der Waals surface area contributed by atoms with Gasteiger partial charge in [-0.15, -0.1) is 0 Å². The molecular weight excluding hydrogens is 450 g/mol. The van der Waals surface area contributed by atoms with E-state index in [1.54, 1.807) is 12.3 Å². The fourth-order valence-electron chi connectivity index (χ4n) is 4.11. The lowest BCUT2D eigenvalue weighted by molar-refractivity contribution is 0.589. The predicted molar refractivity (Wildman–Crippen MR) is 136 cm³/mol. The van der Waals surface area contributed by atoms with Gasteiger partial charge in [0.15, 0.2) is 0 Å². The monoisotopic (exact) mass is 477 g/mol. The summed E-state index contributed by atoms with van der Waals surface area (Å²) in [5.41, 5.74) is 4.30. The van der Waals surface area contributed by atoms with E-state index in [-0.39, 0.29) is 0 Å². The van der Waals surface area contributed by atoms with Gasteiger partial charge in [-0.1, -0.05) is 18.2 Å². The van der Waals surface area contributed by atoms with Gasteiger partial charge < -0.3 is 20.1 Å². The van der Waals surface area contributed by atoms with Crippen LogP contribution in [0.25, 0.3) is 11.0 Å². The highest BCUT2D eigenvalue weighted by Gasteiger charge is 2.12. The normalized spacial score (nSPS) is 14.3. The maximum Gasteiger partial charge on any atom is 0.229 e. The van der Waals surface area contributed by atoms with Crippen molar-refractivity contribution in [3.05, 3.63) is 72.6 Å². The molecule has 1 saturated heterocycles. The zero-order valence-corrected chi connectivity index (χ0v) is 19.7. The van der Waals surface area contributed by atoms with Crippen molar-refractivity contribution in [2.75, 3.05) is 47.4 Å². The molecule has 1 fully saturated rings. The summed E-state index contributed by atoms with van der Waals surface area (Å²) in [6, 6.07) is 17.6. The van der Waals surface area contributed by atoms with Crippen LogP contribution in [0.5, 0.6) is 0 Å². The first-order valence-electron chi connectivity index (χ1n) is 11.1. The van der Waals surface area contributed by atoms with E-state index in [9.17, 15) is 8.42 Å². The number of nitrogens with one attached hydrogen (secondary N) is 3. The fourth-order valence-corrected chi connectivity index (χ4v) is 4.71. The molecule has 0 unspecified atom stereocenters. The molecule has 3 heterocycles. The van der Waals surface area contributed by atoms with Gasteiger partial charge in [-0.2, -0.15) is 4.98 Å². The molecule has 1 aliphatic rings. The summed E-state index contributed by atoms with van der Waals surface area (Å²) in [7, 11) is -3.37. The van der Waals surface area contributed by atoms with E-state index in [1.165, 1.54) is 5.69 Å². The molecule has 0 bridgehead atoms. The second kappa shape index (κ2) is 9.32. The summed E-state index contributed by atoms with van der Waals surface area (Å²) >= 11 is 0. The second-order valence-electron chi connectivity index (χ2n) is 8.36. The molecule has 1 aliphatic heterocycles. The number of aromatic nitrogens is 3. The van der Waals surface area contributed by atoms with Crippen molar-refractivity contribution >= 4 is 44.1 Å². The summed E-state index contributed by atoms with van der Waals surface area (Å²) in [5, 5.41) is 7.57. The van der Waals surface area contributed by atoms with Crippen molar-refractivity contribution in [2.45, 2.75) is 6.54 Å². The molecule has 0 amide bonds. The van der Waals surface area contributed by atoms with Crippen LogP contribution in [-0.4, -0.2) is 55.4 Å². The smallest absolute Gasteiger partial charge is 0.229 e. The minimum atomic E-state index is -3.37. The highest BCUT2D eigenvalue weighted by Crippen LogP contribution is 2.23. The van der Waals surface area contributed by atoms with Crippen molar-refractivity contribution < 1.29 is 8.42 Å². The standard InChI is InChI=1S/C24H27N7O2S/c1-34(32,33)29-22-5-3-2-4-19(22)17-31-13-10-18-16-26-24(28-23(18)31)27-20-6-8-21(9-7-20)30-14-11-25-12-15-30/h2-10,13,16,25,29H,11-12,14-15,17H2,1H3,(H,26,27,28). The van der Waals surface area contributed by atoms with E-state index in [2.05, 4.69) is 37.4 Å². The zero-order chi connectivity index (χ0) is 23.5. The first-order chi connectivity index (χ1) is 16.4. The average Bonchev–Trinajstić information content (AvgIpc) is 3.22. The minimum absolute atomic E-state index is 0.470. The number of anilines is 4. The number of nitrogens with zero attached hydrogens (tertiary/aromatic N) is 4. The first kappa shape index (κ1) is 22.2. The Balaban J connectivity index is 1.36. The number of sulfonamides is 1. The van der Waals surface area contributed by atoms with Gasteiger partial charge in [0.2, 0.25) is 16.0 Å². The zero-order valence-electron chi connectivity index (χ0n) is 18.9. The Bertz CT molecular complexity index is 1390. The van der Waals surface area contributed by atoms with Gasteiger partial charge in [0, 0.05) is 55.3 Å². The molecule has 2 aromatic carbocycles. The third kappa shape index (κ3) is 5.13. The van der Waals surface area contributed by atoms with Gasteiger partial charge in [-0.05, 0) is 42.0 Å². The number of rotatable bonds is 7. The summed E-state index contributed by atoms with van der Waals surface area (Å²) in [4.78, 5) is 11.5. The highest BCUT2D eigenvalue weighted by atomic mass is 32.2. The molecule has 0 atom stereocenters. The molecule has 0 aliphatic carbocycles. The van der Waals surface area contributed by atoms with Gasteiger partial charge in [0.25, 0.3) is 0 Å². The third-order valence-corrected chi connectivity index (χ3v) is 6.35. The molecule has 0 saturated carbocycles. The SMILES string of the molecule is CS(=O)(=O)Nc1ccccc1Cn1ccc2cnc(Nc3ccc(N4CCNCC4)cc3)nc21. The number of para-hydroxylation sites is 1. The lowest BCUT2D eigenvalue weighted by atomic mass is 10.2. The molecule has 0 radical (unpaired) electrons. The van der Waals surface area contributed by atoms with Crippen LogP contribution < -0.4 is 20.3 Å². The lowest BCUT2D eigenvalue weighted by Gasteiger charge is -2.29. The Morgan fingerprint density at radius 2 is 1.79 bits per heavy atom. The summed E-state index contributed by atoms with van der Waals surface area (Å²) in [5.74, 6) is 0.505.